The molecule has 0 bridgehead atoms. The maximum absolute atomic E-state index is 13.4. The maximum atomic E-state index is 13.4. The molecule has 1 atom stereocenters. The summed E-state index contributed by atoms with van der Waals surface area (Å²) in [6, 6.07) is 4.27. The molecule has 0 spiro atoms. The maximum Gasteiger partial charge on any atom is 0.129 e. The van der Waals surface area contributed by atoms with Crippen LogP contribution < -0.4 is 11.5 Å². The van der Waals surface area contributed by atoms with Crippen LogP contribution in [0.5, 0.6) is 0 Å². The predicted octanol–water partition coefficient (Wildman–Crippen LogP) is 3.03. The summed E-state index contributed by atoms with van der Waals surface area (Å²) in [5.74, 6) is -0.331. The second kappa shape index (κ2) is 7.85. The zero-order chi connectivity index (χ0) is 11.3. The van der Waals surface area contributed by atoms with Crippen molar-refractivity contribution in [2.45, 2.75) is 25.3 Å². The Morgan fingerprint density at radius 2 is 2.00 bits per heavy atom. The van der Waals surface area contributed by atoms with Gasteiger partial charge in [0.2, 0.25) is 0 Å². The highest BCUT2D eigenvalue weighted by molar-refractivity contribution is 6.31. The third-order valence-corrected chi connectivity index (χ3v) is 2.67. The summed E-state index contributed by atoms with van der Waals surface area (Å²) < 4.78 is 13.4. The summed E-state index contributed by atoms with van der Waals surface area (Å²) in [6.07, 6.45) is 2.50. The van der Waals surface area contributed by atoms with E-state index in [1.54, 1.807) is 12.1 Å². The molecule has 92 valence electrons. The third-order valence-electron chi connectivity index (χ3n) is 2.34. The number of halogens is 3. The number of nitrogens with two attached hydrogens (primary N) is 2. The molecule has 2 nitrogen and oxygen atoms in total. The van der Waals surface area contributed by atoms with Gasteiger partial charge in [-0.2, -0.15) is 0 Å². The Hall–Kier alpha value is -0.350. The van der Waals surface area contributed by atoms with E-state index in [-0.39, 0.29) is 24.3 Å². The first-order valence-corrected chi connectivity index (χ1v) is 5.44. The molecular formula is C11H17Cl2FN2. The van der Waals surface area contributed by atoms with E-state index in [0.717, 1.165) is 12.8 Å². The Kier molecular flexibility index (Phi) is 7.68. The van der Waals surface area contributed by atoms with Gasteiger partial charge in [-0.25, -0.2) is 4.39 Å². The Morgan fingerprint density at radius 1 is 1.31 bits per heavy atom. The fourth-order valence-electron chi connectivity index (χ4n) is 1.52. The van der Waals surface area contributed by atoms with Crippen LogP contribution in [0.4, 0.5) is 4.39 Å². The van der Waals surface area contributed by atoms with Crippen molar-refractivity contribution in [2.24, 2.45) is 11.5 Å². The van der Waals surface area contributed by atoms with Crippen molar-refractivity contribution in [2.75, 3.05) is 6.54 Å². The largest absolute Gasteiger partial charge is 0.330 e. The Balaban J connectivity index is 0.00000225. The van der Waals surface area contributed by atoms with Crippen LogP contribution >= 0.6 is 24.0 Å². The fraction of sp³-hybridized carbons (Fsp3) is 0.455. The minimum Gasteiger partial charge on any atom is -0.330 e. The Bertz CT molecular complexity index is 301. The molecule has 4 N–H and O–H groups in total. The second-order valence-electron chi connectivity index (χ2n) is 3.53. The summed E-state index contributed by atoms with van der Waals surface area (Å²) in [7, 11) is 0. The lowest BCUT2D eigenvalue weighted by molar-refractivity contribution is 0.543. The smallest absolute Gasteiger partial charge is 0.129 e. The SMILES string of the molecule is Cl.NCCCC[C@@H](N)c1c(F)cccc1Cl. The average Bonchev–Trinajstić information content (AvgIpc) is 2.18. The van der Waals surface area contributed by atoms with Gasteiger partial charge in [0.05, 0.1) is 0 Å². The average molecular weight is 267 g/mol. The number of rotatable bonds is 5. The normalized spacial score (nSPS) is 12.0. The first-order valence-electron chi connectivity index (χ1n) is 5.06. The number of benzene rings is 1. The molecule has 0 aliphatic heterocycles. The number of hydrogen-bond acceptors (Lipinski definition) is 2. The van der Waals surface area contributed by atoms with Crippen molar-refractivity contribution in [1.29, 1.82) is 0 Å². The zero-order valence-electron chi connectivity index (χ0n) is 8.96. The van der Waals surface area contributed by atoms with E-state index in [0.29, 0.717) is 23.6 Å². The van der Waals surface area contributed by atoms with Crippen LogP contribution in [0.2, 0.25) is 5.02 Å². The van der Waals surface area contributed by atoms with Gasteiger partial charge in [0, 0.05) is 16.6 Å². The highest BCUT2D eigenvalue weighted by Crippen LogP contribution is 2.27. The van der Waals surface area contributed by atoms with E-state index in [4.69, 9.17) is 23.1 Å². The van der Waals surface area contributed by atoms with Gasteiger partial charge < -0.3 is 11.5 Å². The molecule has 0 heterocycles. The van der Waals surface area contributed by atoms with E-state index in [1.807, 2.05) is 0 Å². The summed E-state index contributed by atoms with van der Waals surface area (Å²) in [5.41, 5.74) is 11.7. The molecule has 16 heavy (non-hydrogen) atoms. The fourth-order valence-corrected chi connectivity index (χ4v) is 1.82. The molecule has 0 unspecified atom stereocenters. The molecule has 0 radical (unpaired) electrons. The van der Waals surface area contributed by atoms with Crippen molar-refractivity contribution < 1.29 is 4.39 Å². The van der Waals surface area contributed by atoms with E-state index >= 15 is 0 Å². The van der Waals surface area contributed by atoms with Crippen LogP contribution in [0.1, 0.15) is 30.9 Å². The summed E-state index contributed by atoms with van der Waals surface area (Å²) in [5, 5.41) is 0.398. The summed E-state index contributed by atoms with van der Waals surface area (Å²) in [4.78, 5) is 0. The lowest BCUT2D eigenvalue weighted by Crippen LogP contribution is -2.13. The molecule has 0 saturated carbocycles. The molecule has 0 fully saturated rings. The molecule has 0 aliphatic rings. The van der Waals surface area contributed by atoms with Crippen molar-refractivity contribution >= 4 is 24.0 Å². The van der Waals surface area contributed by atoms with Crippen molar-refractivity contribution in [1.82, 2.24) is 0 Å². The first-order chi connectivity index (χ1) is 7.16. The van der Waals surface area contributed by atoms with Crippen LogP contribution in [-0.4, -0.2) is 6.54 Å². The Labute approximate surface area is 107 Å². The lowest BCUT2D eigenvalue weighted by Gasteiger charge is -2.14. The molecule has 0 amide bonds. The first kappa shape index (κ1) is 15.7. The monoisotopic (exact) mass is 266 g/mol. The van der Waals surface area contributed by atoms with Crippen LogP contribution in [0.3, 0.4) is 0 Å². The number of unbranched alkanes of at least 4 members (excludes halogenated alkanes) is 1. The third kappa shape index (κ3) is 4.26. The van der Waals surface area contributed by atoms with E-state index in [9.17, 15) is 4.39 Å². The van der Waals surface area contributed by atoms with E-state index in [2.05, 4.69) is 0 Å². The zero-order valence-corrected chi connectivity index (χ0v) is 10.5. The van der Waals surface area contributed by atoms with Crippen LogP contribution in [-0.2, 0) is 0 Å². The van der Waals surface area contributed by atoms with Crippen molar-refractivity contribution in [3.05, 3.63) is 34.6 Å². The molecule has 5 heteroatoms. The van der Waals surface area contributed by atoms with Crippen LogP contribution in [0.25, 0.3) is 0 Å². The van der Waals surface area contributed by atoms with Crippen LogP contribution in [0.15, 0.2) is 18.2 Å². The molecular weight excluding hydrogens is 250 g/mol. The molecule has 1 aromatic carbocycles. The highest BCUT2D eigenvalue weighted by atomic mass is 35.5. The molecule has 0 aromatic heterocycles. The summed E-state index contributed by atoms with van der Waals surface area (Å²) in [6.45, 7) is 0.637. The molecule has 1 aromatic rings. The number of hydrogen-bond donors (Lipinski definition) is 2. The predicted molar refractivity (Wildman–Crippen MR) is 68.5 cm³/mol. The van der Waals surface area contributed by atoms with Gasteiger partial charge in [-0.3, -0.25) is 0 Å². The van der Waals surface area contributed by atoms with Gasteiger partial charge in [-0.05, 0) is 31.5 Å². The molecule has 0 saturated heterocycles. The minimum atomic E-state index is -0.342. The van der Waals surface area contributed by atoms with E-state index in [1.165, 1.54) is 6.07 Å². The Morgan fingerprint density at radius 3 is 2.56 bits per heavy atom. The highest BCUT2D eigenvalue weighted by Gasteiger charge is 2.14. The van der Waals surface area contributed by atoms with Gasteiger partial charge in [-0.15, -0.1) is 12.4 Å². The van der Waals surface area contributed by atoms with Crippen LogP contribution in [0, 0.1) is 5.82 Å². The lowest BCUT2D eigenvalue weighted by atomic mass is 10.0. The second-order valence-corrected chi connectivity index (χ2v) is 3.93. The molecule has 1 rings (SSSR count). The van der Waals surface area contributed by atoms with Gasteiger partial charge >= 0.3 is 0 Å². The van der Waals surface area contributed by atoms with Crippen molar-refractivity contribution in [3.8, 4) is 0 Å². The van der Waals surface area contributed by atoms with Gasteiger partial charge in [0.1, 0.15) is 5.82 Å². The van der Waals surface area contributed by atoms with Gasteiger partial charge in [-0.1, -0.05) is 24.1 Å². The quantitative estimate of drug-likeness (QED) is 0.806. The van der Waals surface area contributed by atoms with Gasteiger partial charge in [0.15, 0.2) is 0 Å². The topological polar surface area (TPSA) is 52.0 Å². The minimum absolute atomic E-state index is 0. The van der Waals surface area contributed by atoms with Crippen molar-refractivity contribution in [3.63, 3.8) is 0 Å². The standard InChI is InChI=1S/C11H16ClFN2.ClH/c12-8-4-3-5-9(13)11(8)10(15)6-1-2-7-14;/h3-5,10H,1-2,6-7,14-15H2;1H/t10-;/m1./s1. The summed E-state index contributed by atoms with van der Waals surface area (Å²) >= 11 is 5.89. The molecule has 0 aliphatic carbocycles. The van der Waals surface area contributed by atoms with E-state index < -0.39 is 0 Å². The van der Waals surface area contributed by atoms with Gasteiger partial charge in [0.25, 0.3) is 0 Å².